The Kier molecular flexibility index (Phi) is 5.20. The molecule has 1 saturated heterocycles. The van der Waals surface area contributed by atoms with Gasteiger partial charge < -0.3 is 23.7 Å². The van der Waals surface area contributed by atoms with Crippen LogP contribution in [-0.4, -0.2) is 32.0 Å². The van der Waals surface area contributed by atoms with Crippen molar-refractivity contribution >= 4 is 0 Å². The van der Waals surface area contributed by atoms with Gasteiger partial charge in [0.2, 0.25) is 0 Å². The second kappa shape index (κ2) is 7.91. The van der Waals surface area contributed by atoms with Gasteiger partial charge in [-0.25, -0.2) is 0 Å². The summed E-state index contributed by atoms with van der Waals surface area (Å²) in [6, 6.07) is 17.8. The van der Waals surface area contributed by atoms with Crippen LogP contribution in [0.4, 0.5) is 0 Å². The molecule has 0 aromatic heterocycles. The van der Waals surface area contributed by atoms with Crippen LogP contribution in [0.1, 0.15) is 17.4 Å². The molecule has 2 aromatic carbocycles. The highest BCUT2D eigenvalue weighted by Crippen LogP contribution is 2.33. The molecule has 0 spiro atoms. The number of hydrogen-bond acceptors (Lipinski definition) is 5. The van der Waals surface area contributed by atoms with Crippen molar-refractivity contribution in [2.75, 3.05) is 13.7 Å². The first kappa shape index (κ1) is 17.1. The fraction of sp³-hybridized carbons (Fsp3) is 0.333. The summed E-state index contributed by atoms with van der Waals surface area (Å²) in [6.07, 6.45) is 2.57. The third kappa shape index (κ3) is 3.75. The molecule has 0 N–H and O–H groups in total. The molecule has 2 aliphatic heterocycles. The third-order valence-electron chi connectivity index (χ3n) is 4.58. The Labute approximate surface area is 153 Å². The minimum Gasteiger partial charge on any atom is -0.497 e. The maximum atomic E-state index is 6.19. The normalized spacial score (nSPS) is 27.4. The summed E-state index contributed by atoms with van der Waals surface area (Å²) in [5.74, 6) is 0.801. The maximum absolute atomic E-state index is 6.19. The maximum Gasteiger partial charge on any atom is 0.184 e. The zero-order valence-corrected chi connectivity index (χ0v) is 14.6. The molecule has 136 valence electrons. The topological polar surface area (TPSA) is 46.2 Å². The highest BCUT2D eigenvalue weighted by molar-refractivity contribution is 5.28. The monoisotopic (exact) mass is 354 g/mol. The fourth-order valence-corrected chi connectivity index (χ4v) is 3.14. The average molecular weight is 354 g/mol. The van der Waals surface area contributed by atoms with Crippen LogP contribution in [0.15, 0.2) is 66.9 Å². The van der Waals surface area contributed by atoms with Crippen LogP contribution in [0, 0.1) is 0 Å². The molecular weight excluding hydrogens is 332 g/mol. The Morgan fingerprint density at radius 3 is 2.62 bits per heavy atom. The number of hydrogen-bond donors (Lipinski definition) is 0. The first-order valence-electron chi connectivity index (χ1n) is 8.72. The van der Waals surface area contributed by atoms with Gasteiger partial charge in [0.15, 0.2) is 12.4 Å². The van der Waals surface area contributed by atoms with E-state index in [2.05, 4.69) is 0 Å². The van der Waals surface area contributed by atoms with Crippen LogP contribution in [0.25, 0.3) is 0 Å². The van der Waals surface area contributed by atoms with Gasteiger partial charge in [-0.15, -0.1) is 0 Å². The molecule has 5 nitrogen and oxygen atoms in total. The van der Waals surface area contributed by atoms with E-state index in [0.717, 1.165) is 16.9 Å². The van der Waals surface area contributed by atoms with Gasteiger partial charge in [0, 0.05) is 5.56 Å². The molecule has 0 radical (unpaired) electrons. The molecule has 5 heteroatoms. The van der Waals surface area contributed by atoms with Gasteiger partial charge in [-0.1, -0.05) is 42.5 Å². The van der Waals surface area contributed by atoms with Crippen LogP contribution < -0.4 is 4.74 Å². The third-order valence-corrected chi connectivity index (χ3v) is 4.58. The van der Waals surface area contributed by atoms with Gasteiger partial charge in [0.05, 0.1) is 26.6 Å². The molecule has 4 rings (SSSR count). The van der Waals surface area contributed by atoms with Crippen LogP contribution >= 0.6 is 0 Å². The van der Waals surface area contributed by atoms with E-state index in [-0.39, 0.29) is 18.3 Å². The van der Waals surface area contributed by atoms with Crippen LogP contribution in [-0.2, 0) is 25.6 Å². The second-order valence-corrected chi connectivity index (χ2v) is 6.30. The molecule has 26 heavy (non-hydrogen) atoms. The van der Waals surface area contributed by atoms with Crippen LogP contribution in [0.3, 0.4) is 0 Å². The smallest absolute Gasteiger partial charge is 0.184 e. The first-order chi connectivity index (χ1) is 12.8. The molecule has 2 aliphatic rings. The average Bonchev–Trinajstić information content (AvgIpc) is 2.72. The molecule has 0 aliphatic carbocycles. The largest absolute Gasteiger partial charge is 0.497 e. The molecule has 0 amide bonds. The lowest BCUT2D eigenvalue weighted by Crippen LogP contribution is -2.50. The van der Waals surface area contributed by atoms with Crippen molar-refractivity contribution in [3.8, 4) is 5.75 Å². The van der Waals surface area contributed by atoms with Gasteiger partial charge in [0.1, 0.15) is 18.0 Å². The standard InChI is InChI=1S/C21H22O5/c1-22-17-9-7-16(8-10-17)21-25-14-19-20(26-21)18(11-12-23-19)24-13-15-5-3-2-4-6-15/h2-12,18-21H,13-14H2,1H3. The molecule has 0 bridgehead atoms. The number of benzene rings is 2. The fourth-order valence-electron chi connectivity index (χ4n) is 3.14. The molecule has 4 atom stereocenters. The molecule has 1 fully saturated rings. The quantitative estimate of drug-likeness (QED) is 0.821. The van der Waals surface area contributed by atoms with E-state index in [9.17, 15) is 0 Å². The summed E-state index contributed by atoms with van der Waals surface area (Å²) in [6.45, 7) is 0.980. The number of methoxy groups -OCH3 is 1. The Balaban J connectivity index is 1.44. The van der Waals surface area contributed by atoms with Crippen molar-refractivity contribution in [2.24, 2.45) is 0 Å². The summed E-state index contributed by atoms with van der Waals surface area (Å²) < 4.78 is 29.0. The van der Waals surface area contributed by atoms with Crippen molar-refractivity contribution in [1.29, 1.82) is 0 Å². The summed E-state index contributed by atoms with van der Waals surface area (Å²) >= 11 is 0. The minimum atomic E-state index is -0.444. The van der Waals surface area contributed by atoms with Gasteiger partial charge in [-0.2, -0.15) is 0 Å². The molecule has 2 aromatic rings. The number of fused-ring (bicyclic) bond motifs is 1. The summed E-state index contributed by atoms with van der Waals surface area (Å²) in [5, 5.41) is 0. The highest BCUT2D eigenvalue weighted by atomic mass is 16.7. The summed E-state index contributed by atoms with van der Waals surface area (Å²) in [5.41, 5.74) is 2.07. The predicted molar refractivity (Wildman–Crippen MR) is 95.6 cm³/mol. The Morgan fingerprint density at radius 2 is 1.85 bits per heavy atom. The lowest BCUT2D eigenvalue weighted by molar-refractivity contribution is -0.281. The zero-order valence-electron chi connectivity index (χ0n) is 14.6. The van der Waals surface area contributed by atoms with Crippen molar-refractivity contribution in [3.63, 3.8) is 0 Å². The highest BCUT2D eigenvalue weighted by Gasteiger charge is 2.40. The van der Waals surface area contributed by atoms with E-state index >= 15 is 0 Å². The van der Waals surface area contributed by atoms with Crippen LogP contribution in [0.2, 0.25) is 0 Å². The lowest BCUT2D eigenvalue weighted by atomic mass is 10.0. The van der Waals surface area contributed by atoms with Gasteiger partial charge in [-0.3, -0.25) is 0 Å². The molecule has 4 unspecified atom stereocenters. The van der Waals surface area contributed by atoms with Gasteiger partial charge in [0.25, 0.3) is 0 Å². The Bertz CT molecular complexity index is 728. The van der Waals surface area contributed by atoms with Crippen molar-refractivity contribution < 1.29 is 23.7 Å². The number of rotatable bonds is 5. The summed E-state index contributed by atoms with van der Waals surface area (Å²) in [7, 11) is 1.65. The van der Waals surface area contributed by atoms with Crippen LogP contribution in [0.5, 0.6) is 5.75 Å². The molecule has 0 saturated carbocycles. The van der Waals surface area contributed by atoms with E-state index in [0.29, 0.717) is 13.2 Å². The molecule has 2 heterocycles. The van der Waals surface area contributed by atoms with E-state index < -0.39 is 6.29 Å². The first-order valence-corrected chi connectivity index (χ1v) is 8.72. The van der Waals surface area contributed by atoms with E-state index in [1.165, 1.54) is 0 Å². The van der Waals surface area contributed by atoms with Crippen molar-refractivity contribution in [3.05, 3.63) is 78.1 Å². The number of ether oxygens (including phenoxy) is 5. The van der Waals surface area contributed by atoms with E-state index in [1.54, 1.807) is 13.4 Å². The van der Waals surface area contributed by atoms with Crippen molar-refractivity contribution in [1.82, 2.24) is 0 Å². The Hall–Kier alpha value is -2.34. The second-order valence-electron chi connectivity index (χ2n) is 6.30. The van der Waals surface area contributed by atoms with Gasteiger partial charge >= 0.3 is 0 Å². The SMILES string of the molecule is COc1ccc(C2OCC3OC=CC(OCc4ccccc4)C3O2)cc1. The van der Waals surface area contributed by atoms with E-state index in [4.69, 9.17) is 23.7 Å². The van der Waals surface area contributed by atoms with Crippen molar-refractivity contribution in [2.45, 2.75) is 31.2 Å². The van der Waals surface area contributed by atoms with Gasteiger partial charge in [-0.05, 0) is 23.8 Å². The summed E-state index contributed by atoms with van der Waals surface area (Å²) in [4.78, 5) is 0. The minimum absolute atomic E-state index is 0.171. The zero-order chi connectivity index (χ0) is 17.8. The predicted octanol–water partition coefficient (Wildman–Crippen LogP) is 3.61. The Morgan fingerprint density at radius 1 is 1.04 bits per heavy atom. The lowest BCUT2D eigenvalue weighted by Gasteiger charge is -2.40. The molecular formula is C21H22O5. The van der Waals surface area contributed by atoms with E-state index in [1.807, 2.05) is 60.7 Å².